The van der Waals surface area contributed by atoms with Crippen LogP contribution in [0.2, 0.25) is 0 Å². The summed E-state index contributed by atoms with van der Waals surface area (Å²) in [4.78, 5) is 31.1. The number of H-pyrrole nitrogens is 1. The zero-order valence-corrected chi connectivity index (χ0v) is 13.3. The summed E-state index contributed by atoms with van der Waals surface area (Å²) in [7, 11) is 1.63. The van der Waals surface area contributed by atoms with Crippen LogP contribution in [0.1, 0.15) is 12.8 Å². The van der Waals surface area contributed by atoms with Gasteiger partial charge in [0.05, 0.1) is 29.5 Å². The lowest BCUT2D eigenvalue weighted by atomic mass is 10.0. The molecule has 4 heterocycles. The smallest absolute Gasteiger partial charge is 0.407 e. The number of hydrogen-bond donors (Lipinski definition) is 2. The fourth-order valence-electron chi connectivity index (χ4n) is 3.40. The van der Waals surface area contributed by atoms with Crippen LogP contribution in [0, 0.1) is 0 Å². The van der Waals surface area contributed by atoms with Gasteiger partial charge in [-0.25, -0.2) is 19.7 Å². The van der Waals surface area contributed by atoms with Gasteiger partial charge >= 0.3 is 6.09 Å². The Labute approximate surface area is 138 Å². The average Bonchev–Trinajstić information content (AvgIpc) is 3.09. The highest BCUT2D eigenvalue weighted by Gasteiger charge is 2.27. The molecule has 3 aromatic rings. The highest BCUT2D eigenvalue weighted by molar-refractivity contribution is 6.08. The number of pyridine rings is 1. The van der Waals surface area contributed by atoms with E-state index in [4.69, 9.17) is 0 Å². The molecule has 1 saturated heterocycles. The Morgan fingerprint density at radius 3 is 3.12 bits per heavy atom. The molecular weight excluding hydrogens is 308 g/mol. The summed E-state index contributed by atoms with van der Waals surface area (Å²) in [5.74, 6) is 0.854. The maximum Gasteiger partial charge on any atom is 0.407 e. The molecule has 0 saturated carbocycles. The van der Waals surface area contributed by atoms with Crippen LogP contribution in [0.15, 0.2) is 24.8 Å². The number of rotatable bonds is 2. The van der Waals surface area contributed by atoms with Gasteiger partial charge in [-0.15, -0.1) is 0 Å². The second-order valence-electron chi connectivity index (χ2n) is 6.09. The molecule has 1 amide bonds. The van der Waals surface area contributed by atoms with Gasteiger partial charge in [-0.05, 0) is 18.9 Å². The molecule has 0 bridgehead atoms. The molecule has 0 aromatic carbocycles. The van der Waals surface area contributed by atoms with Gasteiger partial charge in [0, 0.05) is 31.7 Å². The zero-order valence-electron chi connectivity index (χ0n) is 13.3. The third kappa shape index (κ3) is 2.31. The Bertz CT molecular complexity index is 908. The van der Waals surface area contributed by atoms with Gasteiger partial charge in [-0.1, -0.05) is 0 Å². The molecule has 0 spiro atoms. The number of anilines is 1. The molecule has 4 rings (SSSR count). The summed E-state index contributed by atoms with van der Waals surface area (Å²) in [6.45, 7) is 1.49. The van der Waals surface area contributed by atoms with E-state index in [-0.39, 0.29) is 6.04 Å². The average molecular weight is 326 g/mol. The topological polar surface area (TPSA) is 98.2 Å². The summed E-state index contributed by atoms with van der Waals surface area (Å²) in [5, 5.41) is 11.2. The SMILES string of the molecule is CN(C(=O)O)C1CCCN(c2nc[nH]c3cnc4nccc4c23)C1. The van der Waals surface area contributed by atoms with E-state index in [9.17, 15) is 9.90 Å². The lowest BCUT2D eigenvalue weighted by Gasteiger charge is -2.37. The van der Waals surface area contributed by atoms with Crippen molar-refractivity contribution < 1.29 is 9.90 Å². The van der Waals surface area contributed by atoms with Crippen molar-refractivity contribution >= 4 is 33.8 Å². The first-order chi connectivity index (χ1) is 11.6. The predicted molar refractivity (Wildman–Crippen MR) is 90.2 cm³/mol. The highest BCUT2D eigenvalue weighted by Crippen LogP contribution is 2.31. The van der Waals surface area contributed by atoms with Crippen molar-refractivity contribution in [1.82, 2.24) is 24.8 Å². The number of amides is 1. The fraction of sp³-hybridized carbons (Fsp3) is 0.375. The zero-order chi connectivity index (χ0) is 16.7. The van der Waals surface area contributed by atoms with Gasteiger partial charge in [0.2, 0.25) is 0 Å². The molecule has 0 radical (unpaired) electrons. The Balaban J connectivity index is 1.78. The quantitative estimate of drug-likeness (QED) is 0.748. The van der Waals surface area contributed by atoms with Crippen LogP contribution >= 0.6 is 0 Å². The second-order valence-corrected chi connectivity index (χ2v) is 6.09. The molecule has 1 aliphatic rings. The summed E-state index contributed by atoms with van der Waals surface area (Å²) in [5.41, 5.74) is 1.59. The molecule has 3 aromatic heterocycles. The largest absolute Gasteiger partial charge is 0.465 e. The minimum atomic E-state index is -0.895. The number of aromatic amines is 1. The van der Waals surface area contributed by atoms with Crippen LogP contribution in [0.3, 0.4) is 0 Å². The normalized spacial score (nSPS) is 18.2. The van der Waals surface area contributed by atoms with E-state index in [1.807, 2.05) is 6.07 Å². The first-order valence-electron chi connectivity index (χ1n) is 7.92. The Morgan fingerprint density at radius 1 is 1.42 bits per heavy atom. The maximum absolute atomic E-state index is 11.3. The number of likely N-dealkylation sites (N-methyl/N-ethyl adjacent to an activating group) is 1. The van der Waals surface area contributed by atoms with Gasteiger partial charge in [-0.3, -0.25) is 0 Å². The molecule has 0 aliphatic carbocycles. The van der Waals surface area contributed by atoms with E-state index >= 15 is 0 Å². The van der Waals surface area contributed by atoms with Crippen LogP contribution in [-0.2, 0) is 0 Å². The van der Waals surface area contributed by atoms with E-state index in [2.05, 4.69) is 24.8 Å². The number of nitrogens with one attached hydrogen (secondary N) is 1. The van der Waals surface area contributed by atoms with Gasteiger partial charge in [0.15, 0.2) is 5.65 Å². The van der Waals surface area contributed by atoms with Gasteiger partial charge in [-0.2, -0.15) is 0 Å². The van der Waals surface area contributed by atoms with Gasteiger partial charge < -0.3 is 19.9 Å². The Kier molecular flexibility index (Phi) is 3.44. The number of aromatic nitrogens is 4. The number of hydrogen-bond acceptors (Lipinski definition) is 5. The first kappa shape index (κ1) is 14.7. The van der Waals surface area contributed by atoms with Crippen molar-refractivity contribution in [3.63, 3.8) is 0 Å². The van der Waals surface area contributed by atoms with Crippen LogP contribution in [0.5, 0.6) is 0 Å². The van der Waals surface area contributed by atoms with Crippen LogP contribution in [-0.4, -0.2) is 62.2 Å². The van der Waals surface area contributed by atoms with Crippen LogP contribution in [0.4, 0.5) is 10.6 Å². The Hall–Kier alpha value is -2.90. The summed E-state index contributed by atoms with van der Waals surface area (Å²) < 4.78 is 0. The van der Waals surface area contributed by atoms with Crippen molar-refractivity contribution in [2.45, 2.75) is 18.9 Å². The third-order valence-electron chi connectivity index (χ3n) is 4.71. The Morgan fingerprint density at radius 2 is 2.29 bits per heavy atom. The standard InChI is InChI=1S/C16H18N6O2/c1-21(16(23)24)10-3-2-6-22(8-10)15-13-11-4-5-17-14(11)18-7-12(13)19-9-20-15/h4-5,7,9-10H,2-3,6,8H2,1H3,(H,19,20)(H,23,24). The van der Waals surface area contributed by atoms with E-state index in [0.717, 1.165) is 41.5 Å². The molecule has 1 aliphatic heterocycles. The molecule has 2 N–H and O–H groups in total. The molecular formula is C16H18N6O2. The van der Waals surface area contributed by atoms with E-state index < -0.39 is 6.09 Å². The maximum atomic E-state index is 11.3. The molecule has 8 heteroatoms. The lowest BCUT2D eigenvalue weighted by Crippen LogP contribution is -2.48. The van der Waals surface area contributed by atoms with Crippen molar-refractivity contribution in [2.24, 2.45) is 0 Å². The molecule has 124 valence electrons. The van der Waals surface area contributed by atoms with Crippen LogP contribution in [0.25, 0.3) is 21.9 Å². The number of nitrogens with zero attached hydrogens (tertiary/aromatic N) is 5. The van der Waals surface area contributed by atoms with Crippen LogP contribution < -0.4 is 4.90 Å². The van der Waals surface area contributed by atoms with Gasteiger partial charge in [0.1, 0.15) is 5.82 Å². The minimum Gasteiger partial charge on any atom is -0.465 e. The van der Waals surface area contributed by atoms with E-state index in [1.165, 1.54) is 4.90 Å². The lowest BCUT2D eigenvalue weighted by molar-refractivity contribution is 0.133. The molecule has 1 atom stereocenters. The van der Waals surface area contributed by atoms with E-state index in [0.29, 0.717) is 12.2 Å². The first-order valence-corrected chi connectivity index (χ1v) is 7.92. The molecule has 24 heavy (non-hydrogen) atoms. The molecule has 1 fully saturated rings. The molecule has 8 nitrogen and oxygen atoms in total. The third-order valence-corrected chi connectivity index (χ3v) is 4.71. The number of carbonyl (C=O) groups is 1. The van der Waals surface area contributed by atoms with E-state index in [1.54, 1.807) is 25.8 Å². The number of carboxylic acid groups (broad SMARTS) is 1. The second kappa shape index (κ2) is 5.63. The van der Waals surface area contributed by atoms with Crippen molar-refractivity contribution in [1.29, 1.82) is 0 Å². The van der Waals surface area contributed by atoms with Gasteiger partial charge in [0.25, 0.3) is 0 Å². The minimum absolute atomic E-state index is 0.0348. The monoisotopic (exact) mass is 326 g/mol. The highest BCUT2D eigenvalue weighted by atomic mass is 16.4. The fourth-order valence-corrected chi connectivity index (χ4v) is 3.40. The summed E-state index contributed by atoms with van der Waals surface area (Å²) in [6, 6.07) is 1.90. The van der Waals surface area contributed by atoms with Crippen molar-refractivity contribution in [3.8, 4) is 0 Å². The van der Waals surface area contributed by atoms with Crippen molar-refractivity contribution in [3.05, 3.63) is 24.8 Å². The summed E-state index contributed by atoms with van der Waals surface area (Å²) in [6.07, 6.45) is 6.06. The number of piperidine rings is 1. The van der Waals surface area contributed by atoms with Crippen molar-refractivity contribution in [2.75, 3.05) is 25.0 Å². The number of fused-ring (bicyclic) bond motifs is 3. The molecule has 1 unspecified atom stereocenters. The summed E-state index contributed by atoms with van der Waals surface area (Å²) >= 11 is 0. The predicted octanol–water partition coefficient (Wildman–Crippen LogP) is 2.08.